The zero-order valence-corrected chi connectivity index (χ0v) is 20.4. The van der Waals surface area contributed by atoms with Crippen LogP contribution in [0.1, 0.15) is 31.9 Å². The van der Waals surface area contributed by atoms with Crippen LogP contribution in [0.5, 0.6) is 0 Å². The number of rotatable bonds is 7. The number of ether oxygens (including phenoxy) is 1. The first-order chi connectivity index (χ1) is 12.5. The molecular weight excluding hydrogens is 471 g/mol. The number of nitrogens with one attached hydrogen (secondary N) is 2. The molecule has 1 heterocycles. The molecule has 1 aromatic carbocycles. The maximum atomic E-state index is 5.48. The van der Waals surface area contributed by atoms with Gasteiger partial charge in [-0.2, -0.15) is 0 Å². The van der Waals surface area contributed by atoms with Gasteiger partial charge in [0.05, 0.1) is 19.8 Å². The molecule has 1 aliphatic heterocycles. The molecule has 0 unspecified atom stereocenters. The highest BCUT2D eigenvalue weighted by Gasteiger charge is 2.28. The van der Waals surface area contributed by atoms with Crippen molar-refractivity contribution in [1.82, 2.24) is 15.5 Å². The largest absolute Gasteiger partial charge is 0.379 e. The maximum absolute atomic E-state index is 5.48. The Morgan fingerprint density at radius 2 is 1.96 bits per heavy atom. The third-order valence-corrected chi connectivity index (χ3v) is 5.57. The van der Waals surface area contributed by atoms with Crippen LogP contribution in [-0.4, -0.2) is 62.0 Å². The lowest BCUT2D eigenvalue weighted by Crippen LogP contribution is -2.56. The molecule has 1 aromatic rings. The van der Waals surface area contributed by atoms with Crippen molar-refractivity contribution in [3.8, 4) is 0 Å². The van der Waals surface area contributed by atoms with Crippen molar-refractivity contribution in [3.63, 3.8) is 0 Å². The molecular formula is C20H35IN4OS. The van der Waals surface area contributed by atoms with Gasteiger partial charge in [0, 0.05) is 36.6 Å². The van der Waals surface area contributed by atoms with Gasteiger partial charge in [-0.1, -0.05) is 12.1 Å². The summed E-state index contributed by atoms with van der Waals surface area (Å²) in [6.45, 7) is 14.8. The van der Waals surface area contributed by atoms with Crippen LogP contribution in [0, 0.1) is 6.92 Å². The summed E-state index contributed by atoms with van der Waals surface area (Å²) in [5, 5.41) is 6.89. The van der Waals surface area contributed by atoms with Gasteiger partial charge in [-0.25, -0.2) is 4.99 Å². The van der Waals surface area contributed by atoms with Crippen molar-refractivity contribution in [3.05, 3.63) is 29.3 Å². The molecule has 7 heteroatoms. The lowest BCUT2D eigenvalue weighted by Gasteiger charge is -2.41. The van der Waals surface area contributed by atoms with Crippen LogP contribution in [-0.2, 0) is 11.3 Å². The van der Waals surface area contributed by atoms with Crippen molar-refractivity contribution in [1.29, 1.82) is 0 Å². The molecule has 0 bridgehead atoms. The van der Waals surface area contributed by atoms with Gasteiger partial charge < -0.3 is 15.4 Å². The quantitative estimate of drug-likeness (QED) is 0.257. The van der Waals surface area contributed by atoms with Crippen molar-refractivity contribution in [2.45, 2.75) is 44.7 Å². The summed E-state index contributed by atoms with van der Waals surface area (Å²) in [6, 6.07) is 6.58. The molecule has 0 saturated carbocycles. The Bertz CT molecular complexity index is 604. The number of halogens is 1. The fourth-order valence-electron chi connectivity index (χ4n) is 3.07. The predicted molar refractivity (Wildman–Crippen MR) is 128 cm³/mol. The van der Waals surface area contributed by atoms with E-state index in [9.17, 15) is 0 Å². The van der Waals surface area contributed by atoms with E-state index in [4.69, 9.17) is 9.73 Å². The monoisotopic (exact) mass is 506 g/mol. The zero-order valence-electron chi connectivity index (χ0n) is 17.3. The van der Waals surface area contributed by atoms with Crippen LogP contribution in [0.4, 0.5) is 0 Å². The molecule has 2 N–H and O–H groups in total. The standard InChI is InChI=1S/C20H34N4OS.HI/c1-6-21-19(22-14-17-8-7-16(2)13-18(17)26-5)23-15-20(3,4)24-9-11-25-12-10-24;/h7-8,13H,6,9-12,14-15H2,1-5H3,(H2,21,22,23);1H. The minimum atomic E-state index is 0. The summed E-state index contributed by atoms with van der Waals surface area (Å²) in [5.41, 5.74) is 2.63. The number of hydrogen-bond donors (Lipinski definition) is 2. The molecule has 0 atom stereocenters. The fourth-order valence-corrected chi connectivity index (χ4v) is 3.77. The second-order valence-electron chi connectivity index (χ2n) is 7.28. The Morgan fingerprint density at radius 1 is 1.26 bits per heavy atom. The van der Waals surface area contributed by atoms with Gasteiger partial charge in [0.25, 0.3) is 0 Å². The fraction of sp³-hybridized carbons (Fsp3) is 0.650. The molecule has 2 rings (SSSR count). The van der Waals surface area contributed by atoms with Gasteiger partial charge in [0.15, 0.2) is 5.96 Å². The normalized spacial score (nSPS) is 16.0. The molecule has 154 valence electrons. The van der Waals surface area contributed by atoms with Gasteiger partial charge >= 0.3 is 0 Å². The lowest BCUT2D eigenvalue weighted by molar-refractivity contribution is -0.00834. The van der Waals surface area contributed by atoms with E-state index in [0.29, 0.717) is 6.54 Å². The SMILES string of the molecule is CCNC(=NCc1ccc(C)cc1SC)NCC(C)(C)N1CCOCC1.I. The summed E-state index contributed by atoms with van der Waals surface area (Å²) in [6.07, 6.45) is 2.12. The van der Waals surface area contributed by atoms with Crippen molar-refractivity contribution in [2.75, 3.05) is 45.6 Å². The zero-order chi connectivity index (χ0) is 19.0. The summed E-state index contributed by atoms with van der Waals surface area (Å²) < 4.78 is 5.48. The third kappa shape index (κ3) is 7.79. The minimum Gasteiger partial charge on any atom is -0.379 e. The van der Waals surface area contributed by atoms with Gasteiger partial charge in [-0.3, -0.25) is 4.90 Å². The van der Waals surface area contributed by atoms with Crippen LogP contribution in [0.15, 0.2) is 28.1 Å². The van der Waals surface area contributed by atoms with Crippen molar-refractivity contribution >= 4 is 41.7 Å². The Morgan fingerprint density at radius 3 is 2.59 bits per heavy atom. The molecule has 1 fully saturated rings. The highest BCUT2D eigenvalue weighted by Crippen LogP contribution is 2.22. The highest BCUT2D eigenvalue weighted by atomic mass is 127. The predicted octanol–water partition coefficient (Wildman–Crippen LogP) is 3.50. The lowest BCUT2D eigenvalue weighted by atomic mass is 10.0. The molecule has 27 heavy (non-hydrogen) atoms. The summed E-state index contributed by atoms with van der Waals surface area (Å²) in [7, 11) is 0. The molecule has 1 saturated heterocycles. The summed E-state index contributed by atoms with van der Waals surface area (Å²) in [5.74, 6) is 0.876. The number of morpholine rings is 1. The topological polar surface area (TPSA) is 48.9 Å². The van der Waals surface area contributed by atoms with E-state index in [1.165, 1.54) is 16.0 Å². The Kier molecular flexibility index (Phi) is 11.0. The average Bonchev–Trinajstić information content (AvgIpc) is 2.65. The van der Waals surface area contributed by atoms with Gasteiger partial charge in [-0.15, -0.1) is 35.7 Å². The number of nitrogens with zero attached hydrogens (tertiary/aromatic N) is 2. The van der Waals surface area contributed by atoms with E-state index in [1.54, 1.807) is 11.8 Å². The van der Waals surface area contributed by atoms with E-state index in [-0.39, 0.29) is 29.5 Å². The Balaban J connectivity index is 0.00000364. The molecule has 0 aromatic heterocycles. The summed E-state index contributed by atoms with van der Waals surface area (Å²) >= 11 is 1.78. The van der Waals surface area contributed by atoms with Gasteiger partial charge in [-0.05, 0) is 51.1 Å². The second kappa shape index (κ2) is 12.1. The molecule has 0 spiro atoms. The molecule has 0 aliphatic carbocycles. The van der Waals surface area contributed by atoms with Crippen LogP contribution >= 0.6 is 35.7 Å². The number of thioether (sulfide) groups is 1. The van der Waals surface area contributed by atoms with E-state index >= 15 is 0 Å². The van der Waals surface area contributed by atoms with E-state index < -0.39 is 0 Å². The summed E-state index contributed by atoms with van der Waals surface area (Å²) in [4.78, 5) is 8.60. The third-order valence-electron chi connectivity index (χ3n) is 4.75. The van der Waals surface area contributed by atoms with E-state index in [1.807, 2.05) is 0 Å². The first-order valence-corrected chi connectivity index (χ1v) is 10.7. The number of aliphatic imine (C=N–C) groups is 1. The maximum Gasteiger partial charge on any atom is 0.191 e. The van der Waals surface area contributed by atoms with Crippen molar-refractivity contribution < 1.29 is 4.74 Å². The molecule has 0 radical (unpaired) electrons. The Labute approximate surface area is 186 Å². The average molecular weight is 506 g/mol. The van der Waals surface area contributed by atoms with Crippen LogP contribution in [0.25, 0.3) is 0 Å². The van der Waals surface area contributed by atoms with Gasteiger partial charge in [0.1, 0.15) is 0 Å². The first-order valence-electron chi connectivity index (χ1n) is 9.44. The molecule has 5 nitrogen and oxygen atoms in total. The first kappa shape index (κ1) is 24.5. The van der Waals surface area contributed by atoms with Crippen molar-refractivity contribution in [2.24, 2.45) is 4.99 Å². The number of guanidine groups is 1. The number of hydrogen-bond acceptors (Lipinski definition) is 4. The van der Waals surface area contributed by atoms with Crippen LogP contribution in [0.3, 0.4) is 0 Å². The van der Waals surface area contributed by atoms with Crippen LogP contribution < -0.4 is 10.6 Å². The van der Waals surface area contributed by atoms with E-state index in [2.05, 4.69) is 67.7 Å². The second-order valence-corrected chi connectivity index (χ2v) is 8.12. The number of benzene rings is 1. The Hall–Kier alpha value is -0.510. The minimum absolute atomic E-state index is 0. The van der Waals surface area contributed by atoms with Gasteiger partial charge in [0.2, 0.25) is 0 Å². The molecule has 1 aliphatic rings. The molecule has 0 amide bonds. The van der Waals surface area contributed by atoms with E-state index in [0.717, 1.165) is 45.4 Å². The number of aryl methyl sites for hydroxylation is 1. The smallest absolute Gasteiger partial charge is 0.191 e. The highest BCUT2D eigenvalue weighted by molar-refractivity contribution is 14.0. The van der Waals surface area contributed by atoms with Crippen LogP contribution in [0.2, 0.25) is 0 Å².